The number of ether oxygens (including phenoxy) is 8. The minimum Gasteiger partial charge on any atom is -0.491 e. The van der Waals surface area contributed by atoms with E-state index < -0.39 is 5.97 Å². The highest BCUT2D eigenvalue weighted by Gasteiger charge is 1.99. The summed E-state index contributed by atoms with van der Waals surface area (Å²) in [7, 11) is 0. The fraction of sp³-hybridized carbons (Fsp3) is 0.774. The second kappa shape index (κ2) is 29.7. The highest BCUT2D eigenvalue weighted by atomic mass is 16.6. The number of rotatable bonds is 32. The quantitative estimate of drug-likeness (QED) is 0.121. The molecule has 1 N–H and O–H groups in total. The van der Waals surface area contributed by atoms with Crippen molar-refractivity contribution in [2.24, 2.45) is 0 Å². The van der Waals surface area contributed by atoms with Crippen molar-refractivity contribution in [2.45, 2.75) is 58.3 Å². The molecular weight excluding hydrogens is 532 g/mol. The largest absolute Gasteiger partial charge is 0.491 e. The van der Waals surface area contributed by atoms with Crippen LogP contribution in [0.4, 0.5) is 0 Å². The number of benzene rings is 1. The Bertz CT molecular complexity index is 686. The molecule has 1 aromatic rings. The third-order valence-electron chi connectivity index (χ3n) is 5.93. The molecule has 0 atom stereocenters. The molecular formula is C31H54O10. The van der Waals surface area contributed by atoms with Crippen molar-refractivity contribution >= 4 is 5.97 Å². The van der Waals surface area contributed by atoms with E-state index in [9.17, 15) is 4.79 Å². The molecule has 0 aliphatic heterocycles. The summed E-state index contributed by atoms with van der Waals surface area (Å²) >= 11 is 0. The van der Waals surface area contributed by atoms with Gasteiger partial charge in [-0.25, -0.2) is 0 Å². The highest BCUT2D eigenvalue weighted by Crippen LogP contribution is 2.15. The van der Waals surface area contributed by atoms with Gasteiger partial charge < -0.3 is 43.0 Å². The van der Waals surface area contributed by atoms with Crippen LogP contribution in [-0.4, -0.2) is 110 Å². The molecule has 41 heavy (non-hydrogen) atoms. The number of hydrogen-bond acceptors (Lipinski definition) is 9. The van der Waals surface area contributed by atoms with Gasteiger partial charge in [-0.15, -0.1) is 0 Å². The maximum atomic E-state index is 10.3. The van der Waals surface area contributed by atoms with Gasteiger partial charge in [0.1, 0.15) is 12.4 Å². The van der Waals surface area contributed by atoms with Crippen molar-refractivity contribution in [3.63, 3.8) is 0 Å². The van der Waals surface area contributed by atoms with Gasteiger partial charge in [0.2, 0.25) is 0 Å². The van der Waals surface area contributed by atoms with E-state index in [1.165, 1.54) is 44.1 Å². The van der Waals surface area contributed by atoms with Crippen LogP contribution < -0.4 is 4.74 Å². The van der Waals surface area contributed by atoms with Crippen LogP contribution in [0.15, 0.2) is 24.3 Å². The standard InChI is InChI=1S/C31H54O10/c1-2-3-4-5-6-7-8-29-9-11-30(12-10-29)41-28-27-40-26-25-39-24-23-38-22-21-37-20-19-36-18-17-35-16-15-34-14-13-31(32)33/h9-12H,2-8,13-28H2,1H3,(H,32,33). The lowest BCUT2D eigenvalue weighted by Gasteiger charge is -2.09. The minimum atomic E-state index is -0.868. The molecule has 0 amide bonds. The summed E-state index contributed by atoms with van der Waals surface area (Å²) in [6.45, 7) is 9.25. The predicted octanol–water partition coefficient (Wildman–Crippen LogP) is 4.56. The summed E-state index contributed by atoms with van der Waals surface area (Å²) < 4.78 is 43.6. The second-order valence-electron chi connectivity index (χ2n) is 9.44. The third-order valence-corrected chi connectivity index (χ3v) is 5.93. The first-order valence-electron chi connectivity index (χ1n) is 15.2. The highest BCUT2D eigenvalue weighted by molar-refractivity contribution is 5.66. The Morgan fingerprint density at radius 2 is 0.927 bits per heavy atom. The van der Waals surface area contributed by atoms with Gasteiger partial charge >= 0.3 is 5.97 Å². The fourth-order valence-electron chi connectivity index (χ4n) is 3.66. The van der Waals surface area contributed by atoms with Crippen LogP contribution in [0.5, 0.6) is 5.75 Å². The first-order chi connectivity index (χ1) is 20.2. The Morgan fingerprint density at radius 1 is 0.537 bits per heavy atom. The Balaban J connectivity index is 1.74. The average Bonchev–Trinajstić information content (AvgIpc) is 2.97. The monoisotopic (exact) mass is 586 g/mol. The van der Waals surface area contributed by atoms with Crippen LogP contribution in [0.3, 0.4) is 0 Å². The normalized spacial score (nSPS) is 11.2. The van der Waals surface area contributed by atoms with Crippen molar-refractivity contribution < 1.29 is 47.8 Å². The molecule has 1 aromatic carbocycles. The Labute approximate surface area is 246 Å². The smallest absolute Gasteiger partial charge is 0.305 e. The SMILES string of the molecule is CCCCCCCCc1ccc(OCCOCCOCCOCCOCCOCCOCCOCCC(=O)O)cc1. The van der Waals surface area contributed by atoms with Gasteiger partial charge in [-0.05, 0) is 30.5 Å². The Kier molecular flexibility index (Phi) is 27.0. The molecule has 0 aromatic heterocycles. The van der Waals surface area contributed by atoms with Crippen LogP contribution >= 0.6 is 0 Å². The molecule has 0 radical (unpaired) electrons. The fourth-order valence-corrected chi connectivity index (χ4v) is 3.66. The zero-order valence-corrected chi connectivity index (χ0v) is 25.2. The van der Waals surface area contributed by atoms with Gasteiger partial charge in [-0.1, -0.05) is 51.2 Å². The van der Waals surface area contributed by atoms with Crippen LogP contribution in [0.1, 0.15) is 57.4 Å². The maximum Gasteiger partial charge on any atom is 0.305 e. The van der Waals surface area contributed by atoms with Gasteiger partial charge in [-0.3, -0.25) is 4.79 Å². The zero-order valence-electron chi connectivity index (χ0n) is 25.2. The Morgan fingerprint density at radius 3 is 1.37 bits per heavy atom. The molecule has 238 valence electrons. The molecule has 0 fully saturated rings. The summed E-state index contributed by atoms with van der Waals surface area (Å²) in [5.74, 6) is 0.0117. The molecule has 0 aliphatic carbocycles. The average molecular weight is 587 g/mol. The zero-order chi connectivity index (χ0) is 29.5. The van der Waals surface area contributed by atoms with E-state index in [1.54, 1.807) is 0 Å². The number of aliphatic carboxylic acids is 1. The molecule has 0 saturated carbocycles. The number of aryl methyl sites for hydroxylation is 1. The van der Waals surface area contributed by atoms with Gasteiger partial charge in [0.15, 0.2) is 0 Å². The van der Waals surface area contributed by atoms with Crippen LogP contribution in [0.25, 0.3) is 0 Å². The minimum absolute atomic E-state index is 0.00408. The van der Waals surface area contributed by atoms with E-state index in [-0.39, 0.29) is 13.0 Å². The first kappa shape index (κ1) is 37.2. The molecule has 0 spiro atoms. The summed E-state index contributed by atoms with van der Waals surface area (Å²) in [5.41, 5.74) is 1.37. The lowest BCUT2D eigenvalue weighted by molar-refractivity contribution is -0.138. The van der Waals surface area contributed by atoms with Crippen molar-refractivity contribution in [1.82, 2.24) is 0 Å². The number of carboxylic acid groups (broad SMARTS) is 1. The molecule has 1 rings (SSSR count). The molecule has 0 unspecified atom stereocenters. The van der Waals surface area contributed by atoms with Gasteiger partial charge in [0, 0.05) is 0 Å². The lowest BCUT2D eigenvalue weighted by Crippen LogP contribution is -2.15. The van der Waals surface area contributed by atoms with E-state index in [0.717, 1.165) is 12.2 Å². The summed E-state index contributed by atoms with van der Waals surface area (Å²) in [5, 5.41) is 8.48. The lowest BCUT2D eigenvalue weighted by atomic mass is 10.0. The van der Waals surface area contributed by atoms with Gasteiger partial charge in [-0.2, -0.15) is 0 Å². The predicted molar refractivity (Wildman–Crippen MR) is 157 cm³/mol. The summed E-state index contributed by atoms with van der Waals surface area (Å²) in [4.78, 5) is 10.3. The molecule has 10 heteroatoms. The van der Waals surface area contributed by atoms with E-state index in [4.69, 9.17) is 43.0 Å². The van der Waals surface area contributed by atoms with Crippen molar-refractivity contribution in [3.05, 3.63) is 29.8 Å². The van der Waals surface area contributed by atoms with E-state index >= 15 is 0 Å². The maximum absolute atomic E-state index is 10.3. The summed E-state index contributed by atoms with van der Waals surface area (Å²) in [6.07, 6.45) is 9.08. The molecule has 10 nitrogen and oxygen atoms in total. The second-order valence-corrected chi connectivity index (χ2v) is 9.44. The third kappa shape index (κ3) is 26.8. The number of carbonyl (C=O) groups is 1. The van der Waals surface area contributed by atoms with E-state index in [2.05, 4.69) is 19.1 Å². The topological polar surface area (TPSA) is 111 Å². The van der Waals surface area contributed by atoms with Crippen LogP contribution in [-0.2, 0) is 44.4 Å². The summed E-state index contributed by atoms with van der Waals surface area (Å²) in [6, 6.07) is 8.41. The Hall–Kier alpha value is -1.79. The number of hydrogen-bond donors (Lipinski definition) is 1. The van der Waals surface area contributed by atoms with Crippen LogP contribution in [0.2, 0.25) is 0 Å². The molecule has 0 aliphatic rings. The first-order valence-corrected chi connectivity index (χ1v) is 15.2. The van der Waals surface area contributed by atoms with Gasteiger partial charge in [0.05, 0.1) is 98.9 Å². The molecule has 0 bridgehead atoms. The van der Waals surface area contributed by atoms with E-state index in [0.29, 0.717) is 92.5 Å². The van der Waals surface area contributed by atoms with Crippen molar-refractivity contribution in [2.75, 3.05) is 99.1 Å². The molecule has 0 heterocycles. The molecule has 0 saturated heterocycles. The van der Waals surface area contributed by atoms with Gasteiger partial charge in [0.25, 0.3) is 0 Å². The number of carboxylic acids is 1. The van der Waals surface area contributed by atoms with Crippen molar-refractivity contribution in [1.29, 1.82) is 0 Å². The number of unbranched alkanes of at least 4 members (excludes halogenated alkanes) is 5. The van der Waals surface area contributed by atoms with Crippen LogP contribution in [0, 0.1) is 0 Å². The van der Waals surface area contributed by atoms with Crippen molar-refractivity contribution in [3.8, 4) is 5.75 Å². The van der Waals surface area contributed by atoms with E-state index in [1.807, 2.05) is 12.1 Å².